The second kappa shape index (κ2) is 6.48. The summed E-state index contributed by atoms with van der Waals surface area (Å²) in [6.45, 7) is 6.86. The minimum atomic E-state index is -0.887. The minimum Gasteiger partial charge on any atom is -0.493 e. The Kier molecular flexibility index (Phi) is 4.68. The van der Waals surface area contributed by atoms with Gasteiger partial charge in [0.25, 0.3) is 0 Å². The molecule has 0 unspecified atom stereocenters. The van der Waals surface area contributed by atoms with Crippen LogP contribution in [0.15, 0.2) is 36.5 Å². The number of benzene rings is 1. The molecule has 0 aliphatic rings. The van der Waals surface area contributed by atoms with Crippen molar-refractivity contribution in [3.63, 3.8) is 0 Å². The molecule has 0 saturated heterocycles. The van der Waals surface area contributed by atoms with Crippen molar-refractivity contribution in [1.82, 2.24) is 4.57 Å². The van der Waals surface area contributed by atoms with E-state index in [9.17, 15) is 9.90 Å². The van der Waals surface area contributed by atoms with E-state index >= 15 is 0 Å². The highest BCUT2D eigenvalue weighted by atomic mass is 16.5. The molecule has 2 aromatic rings. The van der Waals surface area contributed by atoms with Crippen LogP contribution in [0.2, 0.25) is 0 Å². The van der Waals surface area contributed by atoms with Crippen LogP contribution in [0, 0.1) is 5.92 Å². The van der Waals surface area contributed by atoms with Crippen molar-refractivity contribution >= 4 is 5.97 Å². The molecular weight excluding hydrogens is 266 g/mol. The number of hydrogen-bond acceptors (Lipinski definition) is 2. The van der Waals surface area contributed by atoms with Crippen LogP contribution >= 0.6 is 0 Å². The average Bonchev–Trinajstić information content (AvgIpc) is 2.89. The molecule has 0 atom stereocenters. The largest absolute Gasteiger partial charge is 0.493 e. The first-order valence-electron chi connectivity index (χ1n) is 7.19. The third-order valence-corrected chi connectivity index (χ3v) is 3.26. The Morgan fingerprint density at radius 3 is 2.43 bits per heavy atom. The lowest BCUT2D eigenvalue weighted by atomic mass is 10.2. The lowest BCUT2D eigenvalue weighted by Gasteiger charge is -2.11. The van der Waals surface area contributed by atoms with Crippen LogP contribution in [0.1, 0.15) is 36.8 Å². The van der Waals surface area contributed by atoms with Crippen LogP contribution in [0.3, 0.4) is 0 Å². The van der Waals surface area contributed by atoms with Gasteiger partial charge in [-0.2, -0.15) is 0 Å². The van der Waals surface area contributed by atoms with Gasteiger partial charge in [-0.25, -0.2) is 4.79 Å². The van der Waals surface area contributed by atoms with Gasteiger partial charge in [0.15, 0.2) is 0 Å². The lowest BCUT2D eigenvalue weighted by molar-refractivity contribution is 0.0696. The summed E-state index contributed by atoms with van der Waals surface area (Å²) in [5, 5.41) is 9.19. The van der Waals surface area contributed by atoms with Gasteiger partial charge in [-0.15, -0.1) is 0 Å². The van der Waals surface area contributed by atoms with Crippen molar-refractivity contribution < 1.29 is 14.6 Å². The molecule has 0 radical (unpaired) electrons. The zero-order chi connectivity index (χ0) is 15.4. The van der Waals surface area contributed by atoms with Gasteiger partial charge in [0.2, 0.25) is 0 Å². The van der Waals surface area contributed by atoms with E-state index in [2.05, 4.69) is 13.8 Å². The van der Waals surface area contributed by atoms with Crippen LogP contribution < -0.4 is 4.74 Å². The predicted molar refractivity (Wildman–Crippen MR) is 82.4 cm³/mol. The molecule has 1 aromatic carbocycles. The Morgan fingerprint density at radius 1 is 1.24 bits per heavy atom. The molecule has 21 heavy (non-hydrogen) atoms. The highest BCUT2D eigenvalue weighted by Crippen LogP contribution is 2.21. The van der Waals surface area contributed by atoms with Crippen molar-refractivity contribution in [1.29, 1.82) is 0 Å². The number of carbonyl (C=O) groups is 1. The Morgan fingerprint density at radius 2 is 1.90 bits per heavy atom. The van der Waals surface area contributed by atoms with Crippen molar-refractivity contribution in [2.24, 2.45) is 5.92 Å². The van der Waals surface area contributed by atoms with Crippen LogP contribution in [0.25, 0.3) is 5.69 Å². The lowest BCUT2D eigenvalue weighted by Crippen LogP contribution is -2.05. The Bertz CT molecular complexity index is 611. The molecule has 0 amide bonds. The number of nitrogens with zero attached hydrogens (tertiary/aromatic N) is 1. The molecule has 0 spiro atoms. The SMILES string of the molecule is CCc1c(C(=O)O)ccn1-c1ccc(OCC(C)C)cc1. The zero-order valence-electron chi connectivity index (χ0n) is 12.7. The number of carboxylic acid groups (broad SMARTS) is 1. The quantitative estimate of drug-likeness (QED) is 0.879. The molecule has 2 rings (SSSR count). The molecule has 0 saturated carbocycles. The van der Waals surface area contributed by atoms with Crippen molar-refractivity contribution in [2.75, 3.05) is 6.61 Å². The fourth-order valence-corrected chi connectivity index (χ4v) is 2.23. The van der Waals surface area contributed by atoms with E-state index in [1.165, 1.54) is 0 Å². The van der Waals surface area contributed by atoms with Gasteiger partial charge >= 0.3 is 5.97 Å². The summed E-state index contributed by atoms with van der Waals surface area (Å²) in [4.78, 5) is 11.2. The molecule has 1 N–H and O–H groups in total. The summed E-state index contributed by atoms with van der Waals surface area (Å²) in [5.41, 5.74) is 2.10. The summed E-state index contributed by atoms with van der Waals surface area (Å²) in [6.07, 6.45) is 2.46. The molecular formula is C17H21NO3. The van der Waals surface area contributed by atoms with Gasteiger partial charge in [0.05, 0.1) is 12.2 Å². The summed E-state index contributed by atoms with van der Waals surface area (Å²) in [7, 11) is 0. The number of rotatable bonds is 6. The van der Waals surface area contributed by atoms with Crippen LogP contribution in [-0.4, -0.2) is 22.2 Å². The topological polar surface area (TPSA) is 51.5 Å². The standard InChI is InChI=1S/C17H21NO3/c1-4-16-15(17(19)20)9-10-18(16)13-5-7-14(8-6-13)21-11-12(2)3/h5-10,12H,4,11H2,1-3H3,(H,19,20). The highest BCUT2D eigenvalue weighted by molar-refractivity contribution is 5.89. The smallest absolute Gasteiger partial charge is 0.337 e. The van der Waals surface area contributed by atoms with Gasteiger partial charge in [-0.3, -0.25) is 0 Å². The minimum absolute atomic E-state index is 0.359. The predicted octanol–water partition coefficient (Wildman–Crippen LogP) is 3.77. The number of hydrogen-bond donors (Lipinski definition) is 1. The second-order valence-corrected chi connectivity index (χ2v) is 5.40. The van der Waals surface area contributed by atoms with E-state index in [1.807, 2.05) is 35.8 Å². The molecule has 1 aromatic heterocycles. The Hall–Kier alpha value is -2.23. The summed E-state index contributed by atoms with van der Waals surface area (Å²) in [5.74, 6) is 0.428. The third kappa shape index (κ3) is 3.45. The van der Waals surface area contributed by atoms with E-state index in [0.717, 1.165) is 17.1 Å². The first-order chi connectivity index (χ1) is 10.0. The van der Waals surface area contributed by atoms with E-state index < -0.39 is 5.97 Å². The monoisotopic (exact) mass is 287 g/mol. The maximum atomic E-state index is 11.2. The highest BCUT2D eigenvalue weighted by Gasteiger charge is 2.14. The number of ether oxygens (including phenoxy) is 1. The van der Waals surface area contributed by atoms with Gasteiger partial charge in [0, 0.05) is 17.6 Å². The Labute approximate surface area is 125 Å². The van der Waals surface area contributed by atoms with E-state index in [1.54, 1.807) is 12.3 Å². The molecule has 0 aliphatic heterocycles. The molecule has 4 heteroatoms. The maximum absolute atomic E-state index is 11.2. The van der Waals surface area contributed by atoms with Crippen molar-refractivity contribution in [2.45, 2.75) is 27.2 Å². The average molecular weight is 287 g/mol. The van der Waals surface area contributed by atoms with Crippen LogP contribution in [0.4, 0.5) is 0 Å². The number of aromatic carboxylic acids is 1. The molecule has 4 nitrogen and oxygen atoms in total. The van der Waals surface area contributed by atoms with Gasteiger partial charge < -0.3 is 14.4 Å². The number of aromatic nitrogens is 1. The van der Waals surface area contributed by atoms with Gasteiger partial charge in [-0.05, 0) is 42.7 Å². The maximum Gasteiger partial charge on any atom is 0.337 e. The molecule has 1 heterocycles. The van der Waals surface area contributed by atoms with Crippen molar-refractivity contribution in [3.8, 4) is 11.4 Å². The van der Waals surface area contributed by atoms with Gasteiger partial charge in [0.1, 0.15) is 5.75 Å². The fraction of sp³-hybridized carbons (Fsp3) is 0.353. The zero-order valence-corrected chi connectivity index (χ0v) is 12.7. The number of carboxylic acids is 1. The normalized spacial score (nSPS) is 10.9. The first-order valence-corrected chi connectivity index (χ1v) is 7.19. The molecule has 0 fully saturated rings. The third-order valence-electron chi connectivity index (χ3n) is 3.26. The van der Waals surface area contributed by atoms with E-state index in [4.69, 9.17) is 4.74 Å². The molecule has 112 valence electrons. The molecule has 0 aliphatic carbocycles. The first kappa shape index (κ1) is 15.2. The van der Waals surface area contributed by atoms with Gasteiger partial charge in [-0.1, -0.05) is 20.8 Å². The Balaban J connectivity index is 2.24. The summed E-state index contributed by atoms with van der Waals surface area (Å²) in [6, 6.07) is 9.36. The van der Waals surface area contributed by atoms with E-state index in [0.29, 0.717) is 24.5 Å². The van der Waals surface area contributed by atoms with Crippen molar-refractivity contribution in [3.05, 3.63) is 47.8 Å². The van der Waals surface area contributed by atoms with Crippen LogP contribution in [-0.2, 0) is 6.42 Å². The fourth-order valence-electron chi connectivity index (χ4n) is 2.23. The summed E-state index contributed by atoms with van der Waals surface area (Å²) >= 11 is 0. The van der Waals surface area contributed by atoms with E-state index in [-0.39, 0.29) is 0 Å². The van der Waals surface area contributed by atoms with Crippen LogP contribution in [0.5, 0.6) is 5.75 Å². The summed E-state index contributed by atoms with van der Waals surface area (Å²) < 4.78 is 7.57. The second-order valence-electron chi connectivity index (χ2n) is 5.40. The molecule has 0 bridgehead atoms.